The SMILES string of the molecule is C.C.C.C.c1ccc2c(c1)[nH]c1c2ccc2c3ccccc3oc21. The highest BCUT2D eigenvalue weighted by atomic mass is 16.3. The summed E-state index contributed by atoms with van der Waals surface area (Å²) in [6.45, 7) is 0. The first kappa shape index (κ1) is 19.3. The second kappa shape index (κ2) is 6.79. The first-order valence-corrected chi connectivity index (χ1v) is 6.72. The lowest BCUT2D eigenvalue weighted by molar-refractivity contribution is 0.672. The van der Waals surface area contributed by atoms with Gasteiger partial charge in [-0.1, -0.05) is 72.2 Å². The molecule has 2 nitrogen and oxygen atoms in total. The standard InChI is InChI=1S/C18H11NO.4CH4/c1-3-7-15-11(5-1)13-9-10-14-12-6-2-4-8-16(12)20-18(14)17(13)19-15;;;;/h1-10,19H;4*1H4. The molecule has 2 aromatic heterocycles. The summed E-state index contributed by atoms with van der Waals surface area (Å²) in [5.41, 5.74) is 4.11. The van der Waals surface area contributed by atoms with E-state index in [2.05, 4.69) is 41.4 Å². The van der Waals surface area contributed by atoms with Gasteiger partial charge in [0.25, 0.3) is 0 Å². The average Bonchev–Trinajstić information content (AvgIpc) is 3.05. The van der Waals surface area contributed by atoms with Gasteiger partial charge in [-0.15, -0.1) is 0 Å². The number of furan rings is 1. The molecule has 0 amide bonds. The summed E-state index contributed by atoms with van der Waals surface area (Å²) in [7, 11) is 0. The number of nitrogens with one attached hydrogen (secondary N) is 1. The third-order valence-electron chi connectivity index (χ3n) is 4.02. The summed E-state index contributed by atoms with van der Waals surface area (Å²) >= 11 is 0. The topological polar surface area (TPSA) is 28.9 Å². The first-order valence-electron chi connectivity index (χ1n) is 6.72. The molecule has 0 fully saturated rings. The molecule has 1 N–H and O–H groups in total. The molecule has 0 aliphatic rings. The van der Waals surface area contributed by atoms with Crippen LogP contribution in [0, 0.1) is 0 Å². The zero-order valence-electron chi connectivity index (χ0n) is 10.7. The summed E-state index contributed by atoms with van der Waals surface area (Å²) in [6.07, 6.45) is 0. The minimum absolute atomic E-state index is 0. The van der Waals surface area contributed by atoms with E-state index >= 15 is 0 Å². The van der Waals surface area contributed by atoms with Crippen molar-refractivity contribution in [1.29, 1.82) is 0 Å². The normalized spacial score (nSPS) is 10.0. The van der Waals surface area contributed by atoms with Gasteiger partial charge in [0.2, 0.25) is 0 Å². The number of hydrogen-bond donors (Lipinski definition) is 1. The maximum Gasteiger partial charge on any atom is 0.159 e. The van der Waals surface area contributed by atoms with Crippen LogP contribution in [0.5, 0.6) is 0 Å². The Hall–Kier alpha value is -2.74. The molecule has 0 bridgehead atoms. The Morgan fingerprint density at radius 1 is 0.583 bits per heavy atom. The Bertz CT molecular complexity index is 1010. The Balaban J connectivity index is 0.000000720. The summed E-state index contributed by atoms with van der Waals surface area (Å²) in [5.74, 6) is 0. The third-order valence-corrected chi connectivity index (χ3v) is 4.02. The monoisotopic (exact) mass is 321 g/mol. The summed E-state index contributed by atoms with van der Waals surface area (Å²) in [5, 5.41) is 4.79. The fraction of sp³-hybridized carbons (Fsp3) is 0.182. The molecule has 3 aromatic carbocycles. The smallest absolute Gasteiger partial charge is 0.159 e. The van der Waals surface area contributed by atoms with Crippen molar-refractivity contribution in [2.24, 2.45) is 0 Å². The third kappa shape index (κ3) is 2.35. The molecular weight excluding hydrogens is 294 g/mol. The second-order valence-corrected chi connectivity index (χ2v) is 5.13. The summed E-state index contributed by atoms with van der Waals surface area (Å²) in [4.78, 5) is 3.49. The summed E-state index contributed by atoms with van der Waals surface area (Å²) in [6, 6.07) is 20.9. The number of rotatable bonds is 0. The highest BCUT2D eigenvalue weighted by molar-refractivity contribution is 6.20. The lowest BCUT2D eigenvalue weighted by Crippen LogP contribution is -1.69. The summed E-state index contributed by atoms with van der Waals surface area (Å²) < 4.78 is 6.06. The van der Waals surface area contributed by atoms with Crippen molar-refractivity contribution in [2.75, 3.05) is 0 Å². The van der Waals surface area contributed by atoms with Crippen LogP contribution in [0.2, 0.25) is 0 Å². The number of aromatic nitrogens is 1. The maximum absolute atomic E-state index is 6.06. The molecule has 0 spiro atoms. The van der Waals surface area contributed by atoms with Crippen LogP contribution in [0.1, 0.15) is 29.7 Å². The molecule has 2 heteroatoms. The molecule has 0 unspecified atom stereocenters. The van der Waals surface area contributed by atoms with Crippen LogP contribution >= 0.6 is 0 Å². The Morgan fingerprint density at radius 2 is 1.21 bits per heavy atom. The highest BCUT2D eigenvalue weighted by Crippen LogP contribution is 2.36. The zero-order chi connectivity index (χ0) is 13.1. The first-order chi connectivity index (χ1) is 9.92. The van der Waals surface area contributed by atoms with Gasteiger partial charge >= 0.3 is 0 Å². The van der Waals surface area contributed by atoms with E-state index in [9.17, 15) is 0 Å². The molecule has 5 aromatic rings. The number of fused-ring (bicyclic) bond motifs is 7. The van der Waals surface area contributed by atoms with Crippen LogP contribution in [0.3, 0.4) is 0 Å². The van der Waals surface area contributed by atoms with Crippen molar-refractivity contribution in [3.63, 3.8) is 0 Å². The molecule has 0 saturated heterocycles. The van der Waals surface area contributed by atoms with Crippen LogP contribution in [0.4, 0.5) is 0 Å². The van der Waals surface area contributed by atoms with Gasteiger partial charge in [0.15, 0.2) is 5.58 Å². The van der Waals surface area contributed by atoms with Crippen molar-refractivity contribution in [3.8, 4) is 0 Å². The van der Waals surface area contributed by atoms with E-state index in [-0.39, 0.29) is 29.7 Å². The largest absolute Gasteiger partial charge is 0.454 e. The van der Waals surface area contributed by atoms with E-state index in [1.165, 1.54) is 21.5 Å². The second-order valence-electron chi connectivity index (χ2n) is 5.13. The van der Waals surface area contributed by atoms with E-state index in [0.29, 0.717) is 0 Å². The number of aromatic amines is 1. The van der Waals surface area contributed by atoms with E-state index in [4.69, 9.17) is 4.42 Å². The molecular formula is C22H27NO. The Labute approximate surface area is 144 Å². The fourth-order valence-corrected chi connectivity index (χ4v) is 3.10. The van der Waals surface area contributed by atoms with E-state index < -0.39 is 0 Å². The maximum atomic E-state index is 6.06. The van der Waals surface area contributed by atoms with Crippen LogP contribution in [-0.4, -0.2) is 4.98 Å². The lowest BCUT2D eigenvalue weighted by atomic mass is 10.1. The Kier molecular flexibility index (Phi) is 5.47. The zero-order valence-corrected chi connectivity index (χ0v) is 10.7. The lowest BCUT2D eigenvalue weighted by Gasteiger charge is -1.92. The van der Waals surface area contributed by atoms with Crippen LogP contribution in [0.25, 0.3) is 43.7 Å². The van der Waals surface area contributed by atoms with E-state index in [0.717, 1.165) is 22.2 Å². The minimum Gasteiger partial charge on any atom is -0.454 e. The molecule has 0 saturated carbocycles. The molecule has 0 radical (unpaired) electrons. The van der Waals surface area contributed by atoms with Crippen LogP contribution < -0.4 is 0 Å². The number of hydrogen-bond acceptors (Lipinski definition) is 1. The fourth-order valence-electron chi connectivity index (χ4n) is 3.10. The highest BCUT2D eigenvalue weighted by Gasteiger charge is 2.12. The van der Waals surface area contributed by atoms with Crippen molar-refractivity contribution in [2.45, 2.75) is 29.7 Å². The molecule has 0 aliphatic heterocycles. The van der Waals surface area contributed by atoms with E-state index in [1.54, 1.807) is 0 Å². The van der Waals surface area contributed by atoms with Crippen LogP contribution in [-0.2, 0) is 0 Å². The van der Waals surface area contributed by atoms with E-state index in [1.807, 2.05) is 24.3 Å². The van der Waals surface area contributed by atoms with Crippen molar-refractivity contribution >= 4 is 43.7 Å². The number of H-pyrrole nitrogens is 1. The molecule has 24 heavy (non-hydrogen) atoms. The van der Waals surface area contributed by atoms with Crippen molar-refractivity contribution in [3.05, 3.63) is 60.7 Å². The van der Waals surface area contributed by atoms with Gasteiger partial charge < -0.3 is 9.40 Å². The van der Waals surface area contributed by atoms with Crippen molar-refractivity contribution in [1.82, 2.24) is 4.98 Å². The van der Waals surface area contributed by atoms with Crippen LogP contribution in [0.15, 0.2) is 65.1 Å². The van der Waals surface area contributed by atoms with Gasteiger partial charge in [0, 0.05) is 27.1 Å². The quantitative estimate of drug-likeness (QED) is 0.310. The molecule has 126 valence electrons. The van der Waals surface area contributed by atoms with Gasteiger partial charge in [-0.3, -0.25) is 0 Å². The van der Waals surface area contributed by atoms with Gasteiger partial charge in [-0.25, -0.2) is 0 Å². The molecule has 0 aliphatic carbocycles. The predicted molar refractivity (Wildman–Crippen MR) is 110 cm³/mol. The van der Waals surface area contributed by atoms with Gasteiger partial charge in [-0.05, 0) is 18.2 Å². The Morgan fingerprint density at radius 3 is 2.00 bits per heavy atom. The predicted octanol–water partition coefficient (Wildman–Crippen LogP) is 7.76. The number of benzene rings is 3. The molecule has 0 atom stereocenters. The molecule has 2 heterocycles. The van der Waals surface area contributed by atoms with Gasteiger partial charge in [-0.2, -0.15) is 0 Å². The molecule has 5 rings (SSSR count). The van der Waals surface area contributed by atoms with Gasteiger partial charge in [0.05, 0.1) is 5.52 Å². The average molecular weight is 321 g/mol. The van der Waals surface area contributed by atoms with Gasteiger partial charge in [0.1, 0.15) is 5.58 Å². The minimum atomic E-state index is 0. The number of para-hydroxylation sites is 2. The van der Waals surface area contributed by atoms with Crippen molar-refractivity contribution < 1.29 is 4.42 Å².